The van der Waals surface area contributed by atoms with Crippen LogP contribution in [0.25, 0.3) is 5.57 Å². The van der Waals surface area contributed by atoms with Crippen LogP contribution in [0.5, 0.6) is 0 Å². The number of amides is 5. The maximum atomic E-state index is 15.4. The van der Waals surface area contributed by atoms with Gasteiger partial charge in [0, 0.05) is 105 Å². The summed E-state index contributed by atoms with van der Waals surface area (Å²) >= 11 is 7.66. The Morgan fingerprint density at radius 1 is 0.723 bits per heavy atom. The number of nitrogens with one attached hydrogen (secondary N) is 3. The molecule has 1 aliphatic carbocycles. The number of sulfonamides is 1. The SMILES string of the molecule is O=C1CC[C@@H](N2C(=O)c3ccc(N4CCN(CC[C@H](CSc5ccccc5)Nc5ccc(S(=O)(=O)NC(=O)c6ccccc6)c(N6CCN(CC7=C(c8ccc(Cl)cc8)CCCCC7)CC6)c5S(=O)(=O)C(F)(F)F)CC4)cc3C2=O)C(=O)N1. The van der Waals surface area contributed by atoms with E-state index in [4.69, 9.17) is 11.6 Å². The smallest absolute Gasteiger partial charge is 0.380 e. The Morgan fingerprint density at radius 3 is 2.06 bits per heavy atom. The lowest BCUT2D eigenvalue weighted by atomic mass is 9.95. The number of rotatable bonds is 18. The number of halogens is 4. The van der Waals surface area contributed by atoms with Crippen LogP contribution >= 0.6 is 23.4 Å². The van der Waals surface area contributed by atoms with Crippen LogP contribution in [-0.4, -0.2) is 150 Å². The summed E-state index contributed by atoms with van der Waals surface area (Å²) in [6.07, 6.45) is 5.03. The van der Waals surface area contributed by atoms with Crippen LogP contribution < -0.4 is 25.2 Å². The summed E-state index contributed by atoms with van der Waals surface area (Å²) in [4.78, 5) is 72.4. The molecule has 24 heteroatoms. The maximum Gasteiger partial charge on any atom is 0.502 e. The Hall–Kier alpha value is -6.76. The van der Waals surface area contributed by atoms with Crippen molar-refractivity contribution in [1.29, 1.82) is 0 Å². The summed E-state index contributed by atoms with van der Waals surface area (Å²) in [6, 6.07) is 29.6. The molecule has 3 N–H and O–H groups in total. The van der Waals surface area contributed by atoms with Gasteiger partial charge in [-0.1, -0.05) is 72.1 Å². The molecule has 5 aliphatic rings. The van der Waals surface area contributed by atoms with Crippen molar-refractivity contribution in [2.75, 3.05) is 86.3 Å². The number of carbonyl (C=O) groups is 5. The van der Waals surface area contributed by atoms with E-state index in [1.807, 2.05) is 64.2 Å². The maximum absolute atomic E-state index is 15.4. The minimum atomic E-state index is -6.34. The Balaban J connectivity index is 0.926. The normalized spacial score (nSPS) is 19.1. The Labute approximate surface area is 489 Å². The average molecular weight is 1220 g/mol. The molecule has 10 rings (SSSR count). The second-order valence-corrected chi connectivity index (χ2v) is 26.3. The van der Waals surface area contributed by atoms with E-state index in [-0.39, 0.29) is 61.5 Å². The van der Waals surface area contributed by atoms with E-state index in [2.05, 4.69) is 20.4 Å². The number of hydrogen-bond acceptors (Lipinski definition) is 15. The Bertz CT molecular complexity index is 3550. The number of allylic oxidation sites excluding steroid dienone is 1. The third-order valence-corrected chi connectivity index (χ3v) is 20.2. The van der Waals surface area contributed by atoms with E-state index in [1.165, 1.54) is 52.1 Å². The molecule has 0 radical (unpaired) electrons. The lowest BCUT2D eigenvalue weighted by Gasteiger charge is -2.39. The number of imide groups is 2. The zero-order chi connectivity index (χ0) is 58.6. The number of anilines is 3. The van der Waals surface area contributed by atoms with Crippen LogP contribution in [0.15, 0.2) is 136 Å². The zero-order valence-electron chi connectivity index (χ0n) is 45.2. The topological polar surface area (TPSA) is 206 Å². The lowest BCUT2D eigenvalue weighted by molar-refractivity contribution is -0.136. The molecule has 5 aromatic carbocycles. The van der Waals surface area contributed by atoms with Gasteiger partial charge in [-0.2, -0.15) is 13.2 Å². The largest absolute Gasteiger partial charge is 0.502 e. The molecular weight excluding hydrogens is 1150 g/mol. The van der Waals surface area contributed by atoms with Crippen LogP contribution in [0.1, 0.15) is 88.0 Å². The molecule has 3 saturated heterocycles. The third-order valence-electron chi connectivity index (χ3n) is 15.9. The quantitative estimate of drug-likeness (QED) is 0.0556. The van der Waals surface area contributed by atoms with Gasteiger partial charge >= 0.3 is 5.51 Å². The van der Waals surface area contributed by atoms with Crippen LogP contribution in [0.3, 0.4) is 0 Å². The average Bonchev–Trinajstić information content (AvgIpc) is 3.76. The standard InChI is InChI=1S/C59H62ClF3N8O9S3/c60-42-18-16-39(17-19-42)46-15-9-2-6-12-41(46)37-68-30-34-70(35-31-68)53-51(83(79,80)66-55(73)40-10-4-1-5-11-40)24-22-49(54(53)82(77,78)59(61,62)63)64-43(38-81-45-13-7-3-8-14-45)26-27-67-28-32-69(33-29-67)44-20-21-47-48(36-44)58(76)71(57(47)75)50-23-25-52(72)65-56(50)74/h1,3-5,7-8,10-11,13-14,16-22,24,36,43,50,64H,2,6,9,12,15,23,25-35,37-38H2,(H,66,73)(H,65,72,74)/t43-,50-/m1/s1. The summed E-state index contributed by atoms with van der Waals surface area (Å²) in [5, 5.41) is 5.99. The molecule has 17 nitrogen and oxygen atoms in total. The van der Waals surface area contributed by atoms with Crippen molar-refractivity contribution >= 4 is 95.4 Å². The number of piperazine rings is 2. The highest BCUT2D eigenvalue weighted by molar-refractivity contribution is 7.99. The first-order chi connectivity index (χ1) is 39.8. The molecule has 4 aliphatic heterocycles. The highest BCUT2D eigenvalue weighted by Gasteiger charge is 2.51. The van der Waals surface area contributed by atoms with Gasteiger partial charge < -0.3 is 15.1 Å². The number of benzene rings is 5. The van der Waals surface area contributed by atoms with Gasteiger partial charge in [0.05, 0.1) is 22.5 Å². The number of nitrogens with zero attached hydrogens (tertiary/aromatic N) is 5. The molecule has 3 fully saturated rings. The fraction of sp³-hybridized carbons (Fsp3) is 0.373. The van der Waals surface area contributed by atoms with Gasteiger partial charge in [-0.05, 0) is 116 Å². The lowest BCUT2D eigenvalue weighted by Crippen LogP contribution is -2.54. The van der Waals surface area contributed by atoms with Crippen LogP contribution in [0.4, 0.5) is 30.2 Å². The van der Waals surface area contributed by atoms with E-state index in [1.54, 1.807) is 24.3 Å². The van der Waals surface area contributed by atoms with Gasteiger partial charge in [-0.25, -0.2) is 21.6 Å². The molecule has 5 aromatic rings. The van der Waals surface area contributed by atoms with Crippen molar-refractivity contribution in [3.8, 4) is 0 Å². The van der Waals surface area contributed by atoms with Crippen molar-refractivity contribution in [1.82, 2.24) is 24.7 Å². The Morgan fingerprint density at radius 2 is 1.37 bits per heavy atom. The monoisotopic (exact) mass is 1210 g/mol. The predicted molar refractivity (Wildman–Crippen MR) is 312 cm³/mol. The number of hydrogen-bond donors (Lipinski definition) is 3. The molecule has 438 valence electrons. The van der Waals surface area contributed by atoms with Crippen molar-refractivity contribution in [3.05, 3.63) is 148 Å². The summed E-state index contributed by atoms with van der Waals surface area (Å²) < 4.78 is 106. The molecular formula is C59H62ClF3N8O9S3. The van der Waals surface area contributed by atoms with Crippen LogP contribution in [0.2, 0.25) is 5.02 Å². The minimum Gasteiger partial charge on any atom is -0.380 e. The van der Waals surface area contributed by atoms with Crippen LogP contribution in [0, 0.1) is 0 Å². The molecule has 5 amide bonds. The van der Waals surface area contributed by atoms with Gasteiger partial charge in [-0.3, -0.25) is 44.0 Å². The minimum absolute atomic E-state index is 0.00696. The van der Waals surface area contributed by atoms with E-state index >= 15 is 13.2 Å². The van der Waals surface area contributed by atoms with E-state index in [0.717, 1.165) is 59.6 Å². The molecule has 0 spiro atoms. The van der Waals surface area contributed by atoms with Gasteiger partial charge in [0.15, 0.2) is 0 Å². The first-order valence-electron chi connectivity index (χ1n) is 27.6. The fourth-order valence-corrected chi connectivity index (χ4v) is 15.0. The summed E-state index contributed by atoms with van der Waals surface area (Å²) in [5.74, 6) is -3.22. The Kier molecular flexibility index (Phi) is 18.0. The molecule has 0 saturated carbocycles. The summed E-state index contributed by atoms with van der Waals surface area (Å²) in [7, 11) is -11.4. The highest BCUT2D eigenvalue weighted by Crippen LogP contribution is 2.45. The molecule has 83 heavy (non-hydrogen) atoms. The fourth-order valence-electron chi connectivity index (χ4n) is 11.5. The first-order valence-corrected chi connectivity index (χ1v) is 31.9. The highest BCUT2D eigenvalue weighted by atomic mass is 35.5. The number of alkyl halides is 3. The van der Waals surface area contributed by atoms with Crippen molar-refractivity contribution < 1.29 is 54.0 Å². The number of sulfone groups is 1. The van der Waals surface area contributed by atoms with E-state index < -0.39 is 88.2 Å². The molecule has 4 heterocycles. The number of fused-ring (bicyclic) bond motifs is 1. The number of thioether (sulfide) groups is 1. The number of piperidine rings is 1. The molecule has 2 atom stereocenters. The second-order valence-electron chi connectivity index (χ2n) is 21.2. The third kappa shape index (κ3) is 13.3. The van der Waals surface area contributed by atoms with Crippen molar-refractivity contribution in [2.45, 2.75) is 83.6 Å². The van der Waals surface area contributed by atoms with Gasteiger partial charge in [0.25, 0.3) is 37.6 Å². The molecule has 0 unspecified atom stereocenters. The number of carbonyl (C=O) groups excluding carboxylic acids is 5. The van der Waals surface area contributed by atoms with Gasteiger partial charge in [0.2, 0.25) is 11.8 Å². The van der Waals surface area contributed by atoms with E-state index in [9.17, 15) is 40.8 Å². The summed E-state index contributed by atoms with van der Waals surface area (Å²) in [5.41, 5.74) is -2.61. The molecule has 0 aromatic heterocycles. The zero-order valence-corrected chi connectivity index (χ0v) is 48.4. The van der Waals surface area contributed by atoms with Crippen molar-refractivity contribution in [3.63, 3.8) is 0 Å². The summed E-state index contributed by atoms with van der Waals surface area (Å²) in [6.45, 7) is 3.31. The van der Waals surface area contributed by atoms with Gasteiger partial charge in [-0.15, -0.1) is 11.8 Å². The predicted octanol–water partition coefficient (Wildman–Crippen LogP) is 8.48. The van der Waals surface area contributed by atoms with Gasteiger partial charge in [0.1, 0.15) is 15.8 Å². The van der Waals surface area contributed by atoms with E-state index in [0.29, 0.717) is 56.4 Å². The van der Waals surface area contributed by atoms with Crippen LogP contribution in [-0.2, 0) is 29.4 Å². The molecule has 0 bridgehead atoms. The first kappa shape index (κ1) is 59.4. The van der Waals surface area contributed by atoms with Crippen molar-refractivity contribution in [2.24, 2.45) is 0 Å². The second kappa shape index (κ2) is 25.2.